The van der Waals surface area contributed by atoms with Crippen LogP contribution < -0.4 is 0 Å². The summed E-state index contributed by atoms with van der Waals surface area (Å²) in [4.78, 5) is 26.9. The van der Waals surface area contributed by atoms with E-state index in [1.165, 1.54) is 4.90 Å². The molecule has 0 saturated carbocycles. The van der Waals surface area contributed by atoms with E-state index in [4.69, 9.17) is 0 Å². The molecule has 1 amide bonds. The van der Waals surface area contributed by atoms with Crippen molar-refractivity contribution >= 4 is 22.9 Å². The zero-order chi connectivity index (χ0) is 31.3. The number of aryl methyl sites for hydroxylation is 2. The molecule has 0 saturated heterocycles. The van der Waals surface area contributed by atoms with Crippen LogP contribution in [0.25, 0.3) is 11.0 Å². The van der Waals surface area contributed by atoms with Gasteiger partial charge < -0.3 is 10.0 Å². The zero-order valence-electron chi connectivity index (χ0n) is 24.5. The van der Waals surface area contributed by atoms with Crippen molar-refractivity contribution in [2.75, 3.05) is 6.54 Å². The molecular formula is C33H32F4N4O3. The first-order valence-electron chi connectivity index (χ1n) is 14.9. The van der Waals surface area contributed by atoms with Gasteiger partial charge >= 0.3 is 5.97 Å². The summed E-state index contributed by atoms with van der Waals surface area (Å²) in [7, 11) is 0. The largest absolute Gasteiger partial charge is 0.481 e. The molecule has 5 aliphatic heterocycles. The number of benzene rings is 3. The number of amides is 1. The second-order valence-electron chi connectivity index (χ2n) is 11.8. The van der Waals surface area contributed by atoms with Gasteiger partial charge in [0.1, 0.15) is 11.1 Å². The molecule has 2 atom stereocenters. The summed E-state index contributed by atoms with van der Waals surface area (Å²) in [5, 5.41) is 18.8. The van der Waals surface area contributed by atoms with Crippen molar-refractivity contribution in [3.63, 3.8) is 0 Å². The standard InChI is InChI=1S/C33H32F4N4O3/c1-17-22-10-11-24-31(17)38-39-41(24)13-6-4-3-5-7-23-27(34)29(36)26(30(37)28(23)35)32(42)40-14-12-19-8-9-20(15-21(19)16-40)25(22)18(2)33(43)44/h8-11,15,18,25H,3-7,12-14,16H2,1-2H3,(H,43,44)/t18-,25+/m1/s1. The van der Waals surface area contributed by atoms with Crippen molar-refractivity contribution in [3.05, 3.63) is 92.5 Å². The second kappa shape index (κ2) is 11.7. The molecule has 0 unspecified atom stereocenters. The first-order valence-corrected chi connectivity index (χ1v) is 14.9. The van der Waals surface area contributed by atoms with E-state index in [1.807, 2.05) is 37.3 Å². The summed E-state index contributed by atoms with van der Waals surface area (Å²) >= 11 is 0. The third kappa shape index (κ3) is 5.01. The lowest BCUT2D eigenvalue weighted by atomic mass is 9.78. The minimum Gasteiger partial charge on any atom is -0.481 e. The molecule has 5 aliphatic rings. The Morgan fingerprint density at radius 3 is 2.39 bits per heavy atom. The average Bonchev–Trinajstić information content (AvgIpc) is 3.43. The van der Waals surface area contributed by atoms with Crippen LogP contribution in [-0.2, 0) is 30.7 Å². The Labute approximate surface area is 251 Å². The van der Waals surface area contributed by atoms with E-state index in [0.717, 1.165) is 22.2 Å². The van der Waals surface area contributed by atoms with E-state index in [2.05, 4.69) is 10.3 Å². The van der Waals surface area contributed by atoms with Crippen LogP contribution in [-0.4, -0.2) is 43.4 Å². The van der Waals surface area contributed by atoms with Crippen LogP contribution in [0.4, 0.5) is 17.6 Å². The molecule has 9 bridgehead atoms. The Kier molecular flexibility index (Phi) is 7.89. The van der Waals surface area contributed by atoms with Crippen molar-refractivity contribution in [3.8, 4) is 0 Å². The van der Waals surface area contributed by atoms with Crippen molar-refractivity contribution < 1.29 is 32.3 Å². The van der Waals surface area contributed by atoms with Crippen molar-refractivity contribution in [2.45, 2.75) is 71.4 Å². The van der Waals surface area contributed by atoms with Crippen LogP contribution in [0.3, 0.4) is 0 Å². The third-order valence-electron chi connectivity index (χ3n) is 9.21. The highest BCUT2D eigenvalue weighted by atomic mass is 19.2. The highest BCUT2D eigenvalue weighted by Gasteiger charge is 2.34. The maximum absolute atomic E-state index is 15.2. The fourth-order valence-electron chi connectivity index (χ4n) is 6.67. The summed E-state index contributed by atoms with van der Waals surface area (Å²) in [6, 6.07) is 9.36. The van der Waals surface area contributed by atoms with Crippen molar-refractivity contribution in [1.29, 1.82) is 0 Å². The summed E-state index contributed by atoms with van der Waals surface area (Å²) in [6.45, 7) is 4.10. The van der Waals surface area contributed by atoms with Crippen LogP contribution >= 0.6 is 0 Å². The first-order chi connectivity index (χ1) is 21.1. The number of carbonyl (C=O) groups is 2. The van der Waals surface area contributed by atoms with Gasteiger partial charge in [-0.15, -0.1) is 5.10 Å². The van der Waals surface area contributed by atoms with Gasteiger partial charge in [0.2, 0.25) is 0 Å². The molecule has 0 aliphatic carbocycles. The molecule has 3 aromatic carbocycles. The van der Waals surface area contributed by atoms with E-state index in [0.29, 0.717) is 55.3 Å². The molecule has 1 N–H and O–H groups in total. The van der Waals surface area contributed by atoms with Crippen molar-refractivity contribution in [2.24, 2.45) is 5.92 Å². The number of carboxylic acid groups (broad SMARTS) is 1. The topological polar surface area (TPSA) is 88.3 Å². The number of aliphatic carboxylic acids is 1. The van der Waals surface area contributed by atoms with E-state index >= 15 is 17.6 Å². The molecule has 0 radical (unpaired) electrons. The van der Waals surface area contributed by atoms with Gasteiger partial charge in [-0.2, -0.15) is 0 Å². The Balaban J connectivity index is 1.48. The second-order valence-corrected chi connectivity index (χ2v) is 11.8. The zero-order valence-corrected chi connectivity index (χ0v) is 24.5. The van der Waals surface area contributed by atoms with Gasteiger partial charge in [0.05, 0.1) is 11.4 Å². The van der Waals surface area contributed by atoms with Gasteiger partial charge in [-0.1, -0.05) is 49.2 Å². The summed E-state index contributed by atoms with van der Waals surface area (Å²) in [5.74, 6) is -9.99. The number of nitrogens with zero attached hydrogens (tertiary/aromatic N) is 4. The molecule has 0 spiro atoms. The number of hydrogen-bond acceptors (Lipinski definition) is 4. The molecular weight excluding hydrogens is 576 g/mol. The minimum atomic E-state index is -1.69. The summed E-state index contributed by atoms with van der Waals surface area (Å²) in [5.41, 5.74) is 3.39. The fourth-order valence-corrected chi connectivity index (χ4v) is 6.67. The predicted molar refractivity (Wildman–Crippen MR) is 154 cm³/mol. The summed E-state index contributed by atoms with van der Waals surface area (Å²) in [6.07, 6.45) is 2.36. The Bertz CT molecular complexity index is 1770. The number of halogens is 4. The van der Waals surface area contributed by atoms with E-state index in [-0.39, 0.29) is 19.5 Å². The van der Waals surface area contributed by atoms with Gasteiger partial charge in [0.15, 0.2) is 23.3 Å². The van der Waals surface area contributed by atoms with E-state index in [1.54, 1.807) is 11.6 Å². The van der Waals surface area contributed by atoms with Crippen LogP contribution in [0.2, 0.25) is 0 Å². The number of hydrogen-bond donors (Lipinski definition) is 1. The number of carbonyl (C=O) groups excluding carboxylic acids is 1. The fraction of sp³-hybridized carbons (Fsp3) is 0.394. The van der Waals surface area contributed by atoms with Crippen LogP contribution in [0.5, 0.6) is 0 Å². The molecule has 9 rings (SSSR count). The minimum absolute atomic E-state index is 0.0631. The first kappa shape index (κ1) is 29.8. The van der Waals surface area contributed by atoms with E-state index in [9.17, 15) is 14.7 Å². The van der Waals surface area contributed by atoms with Gasteiger partial charge in [-0.25, -0.2) is 22.2 Å². The Morgan fingerprint density at radius 1 is 0.932 bits per heavy atom. The smallest absolute Gasteiger partial charge is 0.307 e. The lowest BCUT2D eigenvalue weighted by Crippen LogP contribution is -2.37. The normalized spacial score (nSPS) is 18.2. The molecule has 7 nitrogen and oxygen atoms in total. The molecule has 1 aromatic heterocycles. The van der Waals surface area contributed by atoms with Crippen LogP contribution in [0.15, 0.2) is 30.3 Å². The van der Waals surface area contributed by atoms with Crippen LogP contribution in [0.1, 0.15) is 82.3 Å². The summed E-state index contributed by atoms with van der Waals surface area (Å²) < 4.78 is 62.3. The molecule has 4 aromatic rings. The van der Waals surface area contributed by atoms with Crippen molar-refractivity contribution in [1.82, 2.24) is 19.9 Å². The average molecular weight is 609 g/mol. The lowest BCUT2D eigenvalue weighted by molar-refractivity contribution is -0.141. The predicted octanol–water partition coefficient (Wildman–Crippen LogP) is 6.46. The third-order valence-corrected chi connectivity index (χ3v) is 9.21. The maximum Gasteiger partial charge on any atom is 0.307 e. The van der Waals surface area contributed by atoms with E-state index < -0.39 is 58.1 Å². The van der Waals surface area contributed by atoms with Gasteiger partial charge in [0, 0.05) is 31.1 Å². The SMILES string of the molecule is Cc1c2ccc3c1nnn3CCCCCCc1c(F)c(F)c(c(F)c1F)C(=O)N1CCc3ccc(cc3C1)[C@@H]2[C@@H](C)C(=O)O. The van der Waals surface area contributed by atoms with Crippen LogP contribution in [0, 0.1) is 36.1 Å². The number of rotatable bonds is 2. The molecule has 0 fully saturated rings. The maximum atomic E-state index is 15.2. The lowest BCUT2D eigenvalue weighted by Gasteiger charge is -2.31. The number of aromatic nitrogens is 3. The monoisotopic (exact) mass is 608 g/mol. The van der Waals surface area contributed by atoms with Gasteiger partial charge in [0.25, 0.3) is 5.91 Å². The quantitative estimate of drug-likeness (QED) is 0.208. The molecule has 44 heavy (non-hydrogen) atoms. The highest BCUT2D eigenvalue weighted by molar-refractivity contribution is 5.95. The molecule has 6 heterocycles. The number of carboxylic acids is 1. The molecule has 230 valence electrons. The van der Waals surface area contributed by atoms with Gasteiger partial charge in [-0.3, -0.25) is 9.59 Å². The van der Waals surface area contributed by atoms with Gasteiger partial charge in [-0.05, 0) is 66.5 Å². The molecule has 11 heteroatoms. The Hall–Kier alpha value is -4.28. The Morgan fingerprint density at radius 2 is 1.66 bits per heavy atom. The highest BCUT2D eigenvalue weighted by Crippen LogP contribution is 2.38.